The van der Waals surface area contributed by atoms with E-state index in [4.69, 9.17) is 0 Å². The average molecular weight is 293 g/mol. The van der Waals surface area contributed by atoms with Crippen LogP contribution in [-0.2, 0) is 0 Å². The predicted molar refractivity (Wildman–Crippen MR) is 84.3 cm³/mol. The number of thioether (sulfide) groups is 1. The van der Waals surface area contributed by atoms with Gasteiger partial charge in [0.2, 0.25) is 0 Å². The molecule has 1 N–H and O–H groups in total. The number of benzene rings is 2. The molecule has 0 saturated carbocycles. The Balaban J connectivity index is 2.41. The van der Waals surface area contributed by atoms with Gasteiger partial charge in [-0.2, -0.15) is 5.26 Å². The Bertz CT molecular complexity index is 919. The van der Waals surface area contributed by atoms with Crippen molar-refractivity contribution in [2.75, 3.05) is 6.26 Å². The number of nitrogens with one attached hydrogen (secondary N) is 1. The van der Waals surface area contributed by atoms with Gasteiger partial charge in [0.25, 0.3) is 5.56 Å². The van der Waals surface area contributed by atoms with Crippen LogP contribution in [0.4, 0.5) is 0 Å². The highest BCUT2D eigenvalue weighted by atomic mass is 32.2. The van der Waals surface area contributed by atoms with Crippen LogP contribution in [0.15, 0.2) is 52.4 Å². The molecule has 1 heterocycles. The molecule has 3 rings (SSSR count). The van der Waals surface area contributed by atoms with Gasteiger partial charge in [-0.15, -0.1) is 0 Å². The molecule has 0 aliphatic heterocycles. The lowest BCUT2D eigenvalue weighted by atomic mass is 10.00. The topological polar surface area (TPSA) is 69.5 Å². The first-order valence-corrected chi connectivity index (χ1v) is 7.53. The highest BCUT2D eigenvalue weighted by Crippen LogP contribution is 2.29. The van der Waals surface area contributed by atoms with Crippen LogP contribution in [-0.4, -0.2) is 16.2 Å². The van der Waals surface area contributed by atoms with Crippen molar-refractivity contribution in [1.29, 1.82) is 5.26 Å². The minimum absolute atomic E-state index is 0.0455. The Morgan fingerprint density at radius 3 is 2.71 bits per heavy atom. The number of hydrogen-bond donors (Lipinski definition) is 1. The van der Waals surface area contributed by atoms with Gasteiger partial charge in [0.1, 0.15) is 11.6 Å². The number of rotatable bonds is 2. The highest BCUT2D eigenvalue weighted by molar-refractivity contribution is 7.98. The SMILES string of the molecule is CSc1nc(-c2cccc3ccccc23)c(C#N)c(=O)[nH]1. The van der Waals surface area contributed by atoms with Crippen molar-refractivity contribution in [2.45, 2.75) is 5.16 Å². The fourth-order valence-electron chi connectivity index (χ4n) is 2.28. The molecule has 0 bridgehead atoms. The molecule has 2 aromatic carbocycles. The summed E-state index contributed by atoms with van der Waals surface area (Å²) < 4.78 is 0. The number of nitriles is 1. The molecule has 0 atom stereocenters. The second-order valence-corrected chi connectivity index (χ2v) is 5.23. The van der Waals surface area contributed by atoms with Crippen molar-refractivity contribution in [3.8, 4) is 17.3 Å². The number of nitrogens with zero attached hydrogens (tertiary/aromatic N) is 2. The molecule has 0 saturated heterocycles. The number of H-pyrrole nitrogens is 1. The summed E-state index contributed by atoms with van der Waals surface area (Å²) in [6.07, 6.45) is 1.83. The molecule has 0 unspecified atom stereocenters. The fraction of sp³-hybridized carbons (Fsp3) is 0.0625. The highest BCUT2D eigenvalue weighted by Gasteiger charge is 2.15. The van der Waals surface area contributed by atoms with Crippen molar-refractivity contribution in [2.24, 2.45) is 0 Å². The van der Waals surface area contributed by atoms with E-state index in [9.17, 15) is 10.1 Å². The molecule has 0 spiro atoms. The predicted octanol–water partition coefficient (Wildman–Crippen LogP) is 3.18. The van der Waals surface area contributed by atoms with Crippen molar-refractivity contribution in [3.05, 3.63) is 58.4 Å². The van der Waals surface area contributed by atoms with Gasteiger partial charge in [-0.1, -0.05) is 54.2 Å². The van der Waals surface area contributed by atoms with E-state index < -0.39 is 5.56 Å². The van der Waals surface area contributed by atoms with Crippen LogP contribution in [0.5, 0.6) is 0 Å². The molecule has 0 aliphatic carbocycles. The van der Waals surface area contributed by atoms with Gasteiger partial charge in [-0.05, 0) is 17.0 Å². The molecular formula is C16H11N3OS. The van der Waals surface area contributed by atoms with E-state index in [1.165, 1.54) is 11.8 Å². The second-order valence-electron chi connectivity index (χ2n) is 4.44. The van der Waals surface area contributed by atoms with E-state index in [-0.39, 0.29) is 5.56 Å². The summed E-state index contributed by atoms with van der Waals surface area (Å²) in [7, 11) is 0. The zero-order valence-electron chi connectivity index (χ0n) is 11.3. The zero-order valence-corrected chi connectivity index (χ0v) is 12.1. The van der Waals surface area contributed by atoms with Crippen LogP contribution in [0, 0.1) is 11.3 Å². The van der Waals surface area contributed by atoms with Crippen LogP contribution >= 0.6 is 11.8 Å². The average Bonchev–Trinajstić information content (AvgIpc) is 2.53. The molecule has 102 valence electrons. The molecule has 0 radical (unpaired) electrons. The molecule has 4 nitrogen and oxygen atoms in total. The maximum Gasteiger partial charge on any atom is 0.270 e. The summed E-state index contributed by atoms with van der Waals surface area (Å²) in [6.45, 7) is 0. The van der Waals surface area contributed by atoms with Crippen LogP contribution in [0.25, 0.3) is 22.0 Å². The second kappa shape index (κ2) is 5.43. The van der Waals surface area contributed by atoms with Gasteiger partial charge in [0.15, 0.2) is 5.16 Å². The van der Waals surface area contributed by atoms with E-state index >= 15 is 0 Å². The Hall–Kier alpha value is -2.58. The van der Waals surface area contributed by atoms with E-state index in [0.29, 0.717) is 10.9 Å². The Kier molecular flexibility index (Phi) is 3.46. The zero-order chi connectivity index (χ0) is 14.8. The standard InChI is InChI=1S/C16H11N3OS/c1-21-16-18-14(13(9-17)15(20)19-16)12-8-4-6-10-5-2-3-7-11(10)12/h2-8H,1H3,(H,18,19,20). The summed E-state index contributed by atoms with van der Waals surface area (Å²) >= 11 is 1.34. The first kappa shape index (κ1) is 13.4. The summed E-state index contributed by atoms with van der Waals surface area (Å²) in [5.41, 5.74) is 0.873. The summed E-state index contributed by atoms with van der Waals surface area (Å²) in [5, 5.41) is 11.8. The van der Waals surface area contributed by atoms with Gasteiger partial charge in [-0.3, -0.25) is 4.79 Å². The monoisotopic (exact) mass is 293 g/mol. The lowest BCUT2D eigenvalue weighted by Crippen LogP contribution is -2.14. The minimum Gasteiger partial charge on any atom is -0.300 e. The molecule has 0 aliphatic rings. The van der Waals surface area contributed by atoms with Crippen molar-refractivity contribution >= 4 is 22.5 Å². The Morgan fingerprint density at radius 2 is 1.95 bits per heavy atom. The van der Waals surface area contributed by atoms with Crippen LogP contribution < -0.4 is 5.56 Å². The van der Waals surface area contributed by atoms with Gasteiger partial charge < -0.3 is 4.98 Å². The molecule has 0 amide bonds. The maximum atomic E-state index is 12.0. The summed E-state index contributed by atoms with van der Waals surface area (Å²) in [5.74, 6) is 0. The number of aromatic amines is 1. The molecule has 3 aromatic rings. The number of aromatic nitrogens is 2. The van der Waals surface area contributed by atoms with E-state index in [1.807, 2.05) is 54.8 Å². The molecule has 1 aromatic heterocycles. The number of fused-ring (bicyclic) bond motifs is 1. The molecule has 5 heteroatoms. The first-order valence-electron chi connectivity index (χ1n) is 6.31. The summed E-state index contributed by atoms with van der Waals surface area (Å²) in [6, 6.07) is 15.6. The van der Waals surface area contributed by atoms with E-state index in [2.05, 4.69) is 9.97 Å². The Morgan fingerprint density at radius 1 is 1.19 bits per heavy atom. The van der Waals surface area contributed by atoms with Crippen molar-refractivity contribution < 1.29 is 0 Å². The normalized spacial score (nSPS) is 10.5. The lowest BCUT2D eigenvalue weighted by molar-refractivity contribution is 0.938. The molecule has 21 heavy (non-hydrogen) atoms. The first-order chi connectivity index (χ1) is 10.2. The van der Waals surface area contributed by atoms with Crippen LogP contribution in [0.1, 0.15) is 5.56 Å². The Labute approximate surface area is 125 Å². The van der Waals surface area contributed by atoms with Gasteiger partial charge in [0, 0.05) is 5.56 Å². The smallest absolute Gasteiger partial charge is 0.270 e. The number of hydrogen-bond acceptors (Lipinski definition) is 4. The largest absolute Gasteiger partial charge is 0.300 e. The van der Waals surface area contributed by atoms with Crippen molar-refractivity contribution in [1.82, 2.24) is 9.97 Å². The fourth-order valence-corrected chi connectivity index (χ4v) is 2.66. The van der Waals surface area contributed by atoms with Gasteiger partial charge >= 0.3 is 0 Å². The maximum absolute atomic E-state index is 12.0. The van der Waals surface area contributed by atoms with E-state index in [0.717, 1.165) is 16.3 Å². The third-order valence-corrected chi connectivity index (χ3v) is 3.83. The van der Waals surface area contributed by atoms with Crippen molar-refractivity contribution in [3.63, 3.8) is 0 Å². The molecule has 0 fully saturated rings. The third-order valence-electron chi connectivity index (χ3n) is 3.25. The quantitative estimate of drug-likeness (QED) is 0.582. The summed E-state index contributed by atoms with van der Waals surface area (Å²) in [4.78, 5) is 19.1. The lowest BCUT2D eigenvalue weighted by Gasteiger charge is -2.08. The van der Waals surface area contributed by atoms with Gasteiger partial charge in [0.05, 0.1) is 5.69 Å². The van der Waals surface area contributed by atoms with Gasteiger partial charge in [-0.25, -0.2) is 4.98 Å². The minimum atomic E-state index is -0.403. The van der Waals surface area contributed by atoms with Crippen LogP contribution in [0.2, 0.25) is 0 Å². The third kappa shape index (κ3) is 2.30. The van der Waals surface area contributed by atoms with Crippen LogP contribution in [0.3, 0.4) is 0 Å². The molecular weight excluding hydrogens is 282 g/mol. The van der Waals surface area contributed by atoms with E-state index in [1.54, 1.807) is 0 Å².